The van der Waals surface area contributed by atoms with Gasteiger partial charge in [0.2, 0.25) is 0 Å². The SMILES string of the molecule is BrOCCOCc1ccccc1. The quantitative estimate of drug-likeness (QED) is 0.725. The van der Waals surface area contributed by atoms with Crippen molar-refractivity contribution in [1.29, 1.82) is 0 Å². The lowest BCUT2D eigenvalue weighted by Crippen LogP contribution is -1.99. The molecule has 0 bridgehead atoms. The van der Waals surface area contributed by atoms with Gasteiger partial charge in [-0.25, -0.2) is 0 Å². The van der Waals surface area contributed by atoms with Crippen molar-refractivity contribution < 1.29 is 8.57 Å². The Hall–Kier alpha value is -0.380. The van der Waals surface area contributed by atoms with E-state index < -0.39 is 0 Å². The van der Waals surface area contributed by atoms with E-state index in [4.69, 9.17) is 4.74 Å². The predicted octanol–water partition coefficient (Wildman–Crippen LogP) is 2.53. The maximum atomic E-state index is 5.31. The molecule has 0 aromatic heterocycles. The molecule has 0 aliphatic carbocycles. The lowest BCUT2D eigenvalue weighted by atomic mass is 10.2. The zero-order valence-corrected chi connectivity index (χ0v) is 8.29. The second kappa shape index (κ2) is 6.17. The van der Waals surface area contributed by atoms with Crippen molar-refractivity contribution >= 4 is 16.3 Å². The van der Waals surface area contributed by atoms with Crippen molar-refractivity contribution in [2.45, 2.75) is 6.61 Å². The Morgan fingerprint density at radius 3 is 2.50 bits per heavy atom. The van der Waals surface area contributed by atoms with Crippen molar-refractivity contribution in [2.24, 2.45) is 0 Å². The summed E-state index contributed by atoms with van der Waals surface area (Å²) in [6.45, 7) is 1.84. The Morgan fingerprint density at radius 1 is 1.08 bits per heavy atom. The molecule has 0 unspecified atom stereocenters. The summed E-state index contributed by atoms with van der Waals surface area (Å²) in [7, 11) is 0. The van der Waals surface area contributed by atoms with Crippen molar-refractivity contribution in [3.05, 3.63) is 35.9 Å². The van der Waals surface area contributed by atoms with Crippen molar-refractivity contribution in [3.63, 3.8) is 0 Å². The van der Waals surface area contributed by atoms with Crippen molar-refractivity contribution in [2.75, 3.05) is 13.2 Å². The maximum absolute atomic E-state index is 5.31. The molecule has 3 heteroatoms. The fourth-order valence-corrected chi connectivity index (χ4v) is 0.987. The summed E-state index contributed by atoms with van der Waals surface area (Å²) in [5.41, 5.74) is 1.19. The molecule has 0 amide bonds. The van der Waals surface area contributed by atoms with Gasteiger partial charge in [-0.2, -0.15) is 0 Å². The van der Waals surface area contributed by atoms with E-state index in [0.29, 0.717) is 19.8 Å². The molecule has 0 aliphatic heterocycles. The molecule has 0 saturated carbocycles. The van der Waals surface area contributed by atoms with E-state index in [0.717, 1.165) is 0 Å². The van der Waals surface area contributed by atoms with Gasteiger partial charge in [0.1, 0.15) is 0 Å². The Balaban J connectivity index is 2.16. The normalized spacial score (nSPS) is 10.1. The standard InChI is InChI=1S/C9H11BrO2/c10-12-7-6-11-8-9-4-2-1-3-5-9/h1-5H,6-8H2. The number of hydrogen-bond acceptors (Lipinski definition) is 2. The van der Waals surface area contributed by atoms with Crippen LogP contribution in [0.15, 0.2) is 30.3 Å². The van der Waals surface area contributed by atoms with Gasteiger partial charge in [0.25, 0.3) is 0 Å². The highest BCUT2D eigenvalue weighted by Gasteiger charge is 1.90. The summed E-state index contributed by atoms with van der Waals surface area (Å²) in [6, 6.07) is 10.1. The fourth-order valence-electron chi connectivity index (χ4n) is 0.855. The van der Waals surface area contributed by atoms with Gasteiger partial charge in [0, 0.05) is 0 Å². The van der Waals surface area contributed by atoms with E-state index in [9.17, 15) is 0 Å². The van der Waals surface area contributed by atoms with Gasteiger partial charge in [-0.1, -0.05) is 30.3 Å². The summed E-state index contributed by atoms with van der Waals surface area (Å²) < 4.78 is 9.97. The molecule has 12 heavy (non-hydrogen) atoms. The first-order valence-electron chi connectivity index (χ1n) is 3.78. The number of halogens is 1. The van der Waals surface area contributed by atoms with Gasteiger partial charge >= 0.3 is 0 Å². The molecule has 0 saturated heterocycles. The van der Waals surface area contributed by atoms with Crippen LogP contribution < -0.4 is 0 Å². The molecule has 0 atom stereocenters. The largest absolute Gasteiger partial charge is 0.374 e. The third-order valence-corrected chi connectivity index (χ3v) is 1.74. The molecule has 66 valence electrons. The minimum absolute atomic E-state index is 0.576. The zero-order valence-electron chi connectivity index (χ0n) is 6.70. The highest BCUT2D eigenvalue weighted by molar-refractivity contribution is 9.06. The third kappa shape index (κ3) is 3.85. The number of hydrogen-bond donors (Lipinski definition) is 0. The molecule has 2 nitrogen and oxygen atoms in total. The van der Waals surface area contributed by atoms with Crippen molar-refractivity contribution in [3.8, 4) is 0 Å². The Labute approximate surface area is 80.9 Å². The van der Waals surface area contributed by atoms with Gasteiger partial charge in [-0.3, -0.25) is 0 Å². The van der Waals surface area contributed by atoms with Gasteiger partial charge in [-0.05, 0) is 5.56 Å². The summed E-state index contributed by atoms with van der Waals surface area (Å²) >= 11 is 2.86. The minimum Gasteiger partial charge on any atom is -0.374 e. The Kier molecular flexibility index (Phi) is 4.99. The van der Waals surface area contributed by atoms with E-state index in [1.165, 1.54) is 5.56 Å². The first-order chi connectivity index (χ1) is 5.93. The molecular weight excluding hydrogens is 220 g/mol. The van der Waals surface area contributed by atoms with E-state index in [-0.39, 0.29) is 0 Å². The molecule has 0 radical (unpaired) electrons. The number of rotatable bonds is 5. The smallest absolute Gasteiger partial charge is 0.0988 e. The lowest BCUT2D eigenvalue weighted by molar-refractivity contribution is 0.0976. The van der Waals surface area contributed by atoms with Crippen LogP contribution in [0.4, 0.5) is 0 Å². The highest BCUT2D eigenvalue weighted by atomic mass is 79.9. The van der Waals surface area contributed by atoms with Crippen LogP contribution in [-0.4, -0.2) is 13.2 Å². The van der Waals surface area contributed by atoms with Crippen LogP contribution in [0.3, 0.4) is 0 Å². The van der Waals surface area contributed by atoms with E-state index in [2.05, 4.69) is 20.1 Å². The summed E-state index contributed by atoms with van der Waals surface area (Å²) in [4.78, 5) is 0. The minimum atomic E-state index is 0.576. The molecule has 1 aromatic rings. The molecule has 0 spiro atoms. The molecule has 1 aromatic carbocycles. The maximum Gasteiger partial charge on any atom is 0.0988 e. The van der Waals surface area contributed by atoms with Gasteiger partial charge in [0.05, 0.1) is 36.1 Å². The van der Waals surface area contributed by atoms with Crippen LogP contribution in [-0.2, 0) is 15.2 Å². The second-order valence-electron chi connectivity index (χ2n) is 2.35. The number of benzene rings is 1. The molecule has 0 heterocycles. The van der Waals surface area contributed by atoms with Crippen LogP contribution >= 0.6 is 16.3 Å². The Bertz CT molecular complexity index is 201. The predicted molar refractivity (Wildman–Crippen MR) is 51.0 cm³/mol. The Morgan fingerprint density at radius 2 is 1.83 bits per heavy atom. The van der Waals surface area contributed by atoms with E-state index >= 15 is 0 Å². The van der Waals surface area contributed by atoms with E-state index in [1.807, 2.05) is 30.3 Å². The first-order valence-corrected chi connectivity index (χ1v) is 4.43. The van der Waals surface area contributed by atoms with Crippen LogP contribution in [0.2, 0.25) is 0 Å². The van der Waals surface area contributed by atoms with Gasteiger partial charge in [0.15, 0.2) is 0 Å². The van der Waals surface area contributed by atoms with E-state index in [1.54, 1.807) is 0 Å². The van der Waals surface area contributed by atoms with Crippen LogP contribution in [0.1, 0.15) is 5.56 Å². The molecule has 0 fully saturated rings. The monoisotopic (exact) mass is 230 g/mol. The summed E-state index contributed by atoms with van der Waals surface area (Å²) in [6.07, 6.45) is 0. The summed E-state index contributed by atoms with van der Waals surface area (Å²) in [5, 5.41) is 0. The average molecular weight is 231 g/mol. The number of ether oxygens (including phenoxy) is 1. The fraction of sp³-hybridized carbons (Fsp3) is 0.333. The third-order valence-electron chi connectivity index (χ3n) is 1.42. The van der Waals surface area contributed by atoms with Gasteiger partial charge < -0.3 is 8.57 Å². The highest BCUT2D eigenvalue weighted by Crippen LogP contribution is 2.00. The molecule has 1 rings (SSSR count). The topological polar surface area (TPSA) is 18.5 Å². The molecule has 0 aliphatic rings. The van der Waals surface area contributed by atoms with Crippen LogP contribution in [0.5, 0.6) is 0 Å². The average Bonchev–Trinajstić information content (AvgIpc) is 2.14. The van der Waals surface area contributed by atoms with Gasteiger partial charge in [-0.15, -0.1) is 0 Å². The van der Waals surface area contributed by atoms with Crippen molar-refractivity contribution in [1.82, 2.24) is 0 Å². The molecule has 0 N–H and O–H groups in total. The van der Waals surface area contributed by atoms with Crippen LogP contribution in [0, 0.1) is 0 Å². The summed E-state index contributed by atoms with van der Waals surface area (Å²) in [5.74, 6) is 0. The lowest BCUT2D eigenvalue weighted by Gasteiger charge is -2.01. The van der Waals surface area contributed by atoms with Crippen LogP contribution in [0.25, 0.3) is 0 Å². The molecular formula is C9H11BrO2. The first kappa shape index (κ1) is 9.71. The zero-order chi connectivity index (χ0) is 8.65. The second-order valence-corrected chi connectivity index (χ2v) is 2.81.